The number of rotatable bonds is 2. The van der Waals surface area contributed by atoms with Crippen molar-refractivity contribution in [3.05, 3.63) is 48.7 Å². The van der Waals surface area contributed by atoms with Gasteiger partial charge in [0.15, 0.2) is 0 Å². The Morgan fingerprint density at radius 3 is 2.72 bits per heavy atom. The van der Waals surface area contributed by atoms with E-state index < -0.39 is 0 Å². The standard InChI is InChI=1S/C20H22N4O/c1-2-4-15(5-3-1)18-12-17(6-9-21-18)23-19-22-13-20(25-19)14-24-10-7-16(20)8-11-24/h1-6,9,12,16H,7-8,10-11,13-14H2,(H,21,22,23). The van der Waals surface area contributed by atoms with Crippen molar-refractivity contribution in [1.29, 1.82) is 0 Å². The van der Waals surface area contributed by atoms with Gasteiger partial charge in [0.25, 0.3) is 6.02 Å². The second-order valence-electron chi connectivity index (χ2n) is 7.26. The average molecular weight is 334 g/mol. The first kappa shape index (κ1) is 14.9. The summed E-state index contributed by atoms with van der Waals surface area (Å²) in [4.78, 5) is 11.6. The highest BCUT2D eigenvalue weighted by molar-refractivity contribution is 5.91. The molecule has 0 aliphatic carbocycles. The van der Waals surface area contributed by atoms with E-state index in [1.54, 1.807) is 0 Å². The molecule has 3 fully saturated rings. The number of hydrogen-bond donors (Lipinski definition) is 1. The summed E-state index contributed by atoms with van der Waals surface area (Å²) in [6.45, 7) is 4.21. The second kappa shape index (κ2) is 5.85. The number of benzene rings is 1. The van der Waals surface area contributed by atoms with Crippen molar-refractivity contribution in [3.63, 3.8) is 0 Å². The Morgan fingerprint density at radius 2 is 1.96 bits per heavy atom. The zero-order chi connectivity index (χ0) is 16.7. The molecule has 0 amide bonds. The highest BCUT2D eigenvalue weighted by atomic mass is 16.5. The van der Waals surface area contributed by atoms with Crippen LogP contribution < -0.4 is 5.32 Å². The van der Waals surface area contributed by atoms with Gasteiger partial charge in [-0.25, -0.2) is 4.99 Å². The number of aromatic nitrogens is 1. The number of ether oxygens (including phenoxy) is 1. The van der Waals surface area contributed by atoms with Crippen molar-refractivity contribution >= 4 is 11.7 Å². The molecule has 5 nitrogen and oxygen atoms in total. The van der Waals surface area contributed by atoms with Crippen molar-refractivity contribution in [3.8, 4) is 11.3 Å². The molecule has 3 saturated heterocycles. The molecule has 5 heterocycles. The van der Waals surface area contributed by atoms with Gasteiger partial charge in [0.05, 0.1) is 12.2 Å². The molecule has 1 atom stereocenters. The average Bonchev–Trinajstić information content (AvgIpc) is 3.05. The fraction of sp³-hybridized carbons (Fsp3) is 0.400. The van der Waals surface area contributed by atoms with E-state index in [9.17, 15) is 0 Å². The predicted molar refractivity (Wildman–Crippen MR) is 98.6 cm³/mol. The Hall–Kier alpha value is -2.40. The molecule has 2 aromatic rings. The van der Waals surface area contributed by atoms with Gasteiger partial charge in [0.1, 0.15) is 5.60 Å². The molecule has 25 heavy (non-hydrogen) atoms. The number of hydrogen-bond acceptors (Lipinski definition) is 5. The van der Waals surface area contributed by atoms with E-state index in [0.29, 0.717) is 11.9 Å². The molecule has 128 valence electrons. The lowest BCUT2D eigenvalue weighted by atomic mass is 9.75. The van der Waals surface area contributed by atoms with Crippen LogP contribution in [0.2, 0.25) is 0 Å². The number of nitrogens with one attached hydrogen (secondary N) is 1. The second-order valence-corrected chi connectivity index (χ2v) is 7.26. The molecule has 1 unspecified atom stereocenters. The highest BCUT2D eigenvalue weighted by Crippen LogP contribution is 2.40. The Labute approximate surface area is 147 Å². The molecule has 2 bridgehead atoms. The summed E-state index contributed by atoms with van der Waals surface area (Å²) in [5.74, 6) is 0.637. The molecular formula is C20H22N4O. The number of piperidine rings is 3. The predicted octanol–water partition coefficient (Wildman–Crippen LogP) is 3.01. The molecule has 1 N–H and O–H groups in total. The number of amidine groups is 1. The number of anilines is 1. The SMILES string of the molecule is c1ccc(-c2cc(NC3=NCC4(CN5CCC4CC5)O3)ccn2)cc1. The van der Waals surface area contributed by atoms with Crippen LogP contribution >= 0.6 is 0 Å². The van der Waals surface area contributed by atoms with E-state index in [0.717, 1.165) is 30.0 Å². The van der Waals surface area contributed by atoms with E-state index in [4.69, 9.17) is 4.74 Å². The molecule has 1 spiro atoms. The van der Waals surface area contributed by atoms with Crippen LogP contribution in [0.1, 0.15) is 12.8 Å². The molecule has 4 aliphatic rings. The van der Waals surface area contributed by atoms with Crippen LogP contribution in [-0.2, 0) is 4.74 Å². The third kappa shape index (κ3) is 2.68. The Bertz CT molecular complexity index is 798. The highest BCUT2D eigenvalue weighted by Gasteiger charge is 2.51. The number of aliphatic imine (C=N–C) groups is 1. The molecule has 6 rings (SSSR count). The lowest BCUT2D eigenvalue weighted by Gasteiger charge is -2.50. The van der Waals surface area contributed by atoms with E-state index in [2.05, 4.69) is 32.3 Å². The molecule has 5 heteroatoms. The van der Waals surface area contributed by atoms with Crippen LogP contribution in [0.25, 0.3) is 11.3 Å². The molecule has 1 aromatic heterocycles. The first-order valence-corrected chi connectivity index (χ1v) is 9.05. The lowest BCUT2D eigenvalue weighted by Crippen LogP contribution is -2.61. The van der Waals surface area contributed by atoms with Crippen molar-refractivity contribution < 1.29 is 4.74 Å². The summed E-state index contributed by atoms with van der Waals surface area (Å²) < 4.78 is 6.35. The lowest BCUT2D eigenvalue weighted by molar-refractivity contribution is -0.0829. The normalized spacial score (nSPS) is 30.2. The number of nitrogens with zero attached hydrogens (tertiary/aromatic N) is 3. The number of pyridine rings is 1. The van der Waals surface area contributed by atoms with Gasteiger partial charge in [0.2, 0.25) is 0 Å². The first-order chi connectivity index (χ1) is 12.3. The van der Waals surface area contributed by atoms with Gasteiger partial charge in [-0.2, -0.15) is 0 Å². The molecule has 0 saturated carbocycles. The van der Waals surface area contributed by atoms with Crippen LogP contribution in [0.3, 0.4) is 0 Å². The Morgan fingerprint density at radius 1 is 1.12 bits per heavy atom. The van der Waals surface area contributed by atoms with Gasteiger partial charge in [-0.15, -0.1) is 0 Å². The minimum atomic E-state index is -0.103. The topological polar surface area (TPSA) is 49.8 Å². The van der Waals surface area contributed by atoms with E-state index in [1.165, 1.54) is 25.9 Å². The third-order valence-corrected chi connectivity index (χ3v) is 5.69. The van der Waals surface area contributed by atoms with Gasteiger partial charge < -0.3 is 10.1 Å². The first-order valence-electron chi connectivity index (χ1n) is 9.05. The zero-order valence-corrected chi connectivity index (χ0v) is 14.2. The Balaban J connectivity index is 1.32. The van der Waals surface area contributed by atoms with Crippen molar-refractivity contribution in [2.24, 2.45) is 10.9 Å². The fourth-order valence-electron chi connectivity index (χ4n) is 4.35. The molecular weight excluding hydrogens is 312 g/mol. The minimum Gasteiger partial charge on any atom is -0.455 e. The van der Waals surface area contributed by atoms with Crippen LogP contribution in [0.4, 0.5) is 5.69 Å². The maximum atomic E-state index is 6.35. The summed E-state index contributed by atoms with van der Waals surface area (Å²) in [5.41, 5.74) is 2.91. The van der Waals surface area contributed by atoms with Crippen LogP contribution in [0.15, 0.2) is 53.7 Å². The van der Waals surface area contributed by atoms with Crippen molar-refractivity contribution in [2.75, 3.05) is 31.5 Å². The summed E-state index contributed by atoms with van der Waals surface area (Å²) in [6, 6.07) is 14.9. The van der Waals surface area contributed by atoms with E-state index in [1.807, 2.05) is 36.5 Å². The van der Waals surface area contributed by atoms with Gasteiger partial charge in [-0.05, 0) is 38.1 Å². The maximum Gasteiger partial charge on any atom is 0.290 e. The van der Waals surface area contributed by atoms with Crippen molar-refractivity contribution in [2.45, 2.75) is 18.4 Å². The minimum absolute atomic E-state index is 0.103. The molecule has 4 aliphatic heterocycles. The summed E-state index contributed by atoms with van der Waals surface area (Å²) in [7, 11) is 0. The summed E-state index contributed by atoms with van der Waals surface area (Å²) >= 11 is 0. The fourth-order valence-corrected chi connectivity index (χ4v) is 4.35. The van der Waals surface area contributed by atoms with Crippen LogP contribution in [-0.4, -0.2) is 47.7 Å². The summed E-state index contributed by atoms with van der Waals surface area (Å²) in [6.07, 6.45) is 4.29. The molecule has 1 aromatic carbocycles. The smallest absolute Gasteiger partial charge is 0.290 e. The summed E-state index contributed by atoms with van der Waals surface area (Å²) in [5, 5.41) is 3.35. The van der Waals surface area contributed by atoms with Gasteiger partial charge >= 0.3 is 0 Å². The molecule has 0 radical (unpaired) electrons. The Kier molecular flexibility index (Phi) is 3.48. The van der Waals surface area contributed by atoms with Gasteiger partial charge in [0, 0.05) is 29.9 Å². The van der Waals surface area contributed by atoms with E-state index >= 15 is 0 Å². The van der Waals surface area contributed by atoms with Crippen LogP contribution in [0.5, 0.6) is 0 Å². The maximum absolute atomic E-state index is 6.35. The van der Waals surface area contributed by atoms with Gasteiger partial charge in [-0.3, -0.25) is 9.88 Å². The quantitative estimate of drug-likeness (QED) is 0.917. The van der Waals surface area contributed by atoms with Crippen molar-refractivity contribution in [1.82, 2.24) is 9.88 Å². The number of fused-ring (bicyclic) bond motifs is 2. The largest absolute Gasteiger partial charge is 0.455 e. The van der Waals surface area contributed by atoms with E-state index in [-0.39, 0.29) is 5.60 Å². The van der Waals surface area contributed by atoms with Crippen LogP contribution in [0, 0.1) is 5.92 Å². The monoisotopic (exact) mass is 334 g/mol. The zero-order valence-electron chi connectivity index (χ0n) is 14.2. The third-order valence-electron chi connectivity index (χ3n) is 5.69. The van der Waals surface area contributed by atoms with Gasteiger partial charge in [-0.1, -0.05) is 30.3 Å².